The van der Waals surface area contributed by atoms with E-state index in [4.69, 9.17) is 0 Å². The number of rotatable bonds is 6. The molecule has 0 amide bonds. The minimum absolute atomic E-state index is 0.172. The van der Waals surface area contributed by atoms with Crippen molar-refractivity contribution in [2.45, 2.75) is 45.6 Å². The Balaban J connectivity index is 1.37. The lowest BCUT2D eigenvalue weighted by Gasteiger charge is -2.34. The smallest absolute Gasteiger partial charge is 0.183 e. The molecule has 0 atom stereocenters. The Hall–Kier alpha value is -2.27. The lowest BCUT2D eigenvalue weighted by atomic mass is 10.1. The summed E-state index contributed by atoms with van der Waals surface area (Å²) in [5.41, 5.74) is 5.48. The highest BCUT2D eigenvalue weighted by Crippen LogP contribution is 2.33. The number of ketones is 1. The topological polar surface area (TPSA) is 40.5 Å². The van der Waals surface area contributed by atoms with Gasteiger partial charge in [0.1, 0.15) is 0 Å². The van der Waals surface area contributed by atoms with Crippen LogP contribution in [0.3, 0.4) is 0 Å². The third kappa shape index (κ3) is 4.35. The summed E-state index contributed by atoms with van der Waals surface area (Å²) in [6.45, 7) is 8.91. The zero-order valence-electron chi connectivity index (χ0n) is 18.1. The normalized spacial score (nSPS) is 18.4. The number of hydrogen-bond acceptors (Lipinski definition) is 4. The summed E-state index contributed by atoms with van der Waals surface area (Å²) in [6, 6.07) is 11.1. The average Bonchev–Trinajstić information content (AvgIpc) is 3.35. The van der Waals surface area contributed by atoms with Crippen LogP contribution in [0.25, 0.3) is 0 Å². The molecule has 1 N–H and O–H groups in total. The van der Waals surface area contributed by atoms with E-state index in [1.807, 2.05) is 0 Å². The Morgan fingerprint density at radius 3 is 2.34 bits per heavy atom. The zero-order chi connectivity index (χ0) is 20.4. The first-order chi connectivity index (χ1) is 14.0. The second-order valence-corrected chi connectivity index (χ2v) is 8.71. The Morgan fingerprint density at radius 2 is 1.69 bits per heavy atom. The van der Waals surface area contributed by atoms with E-state index in [1.54, 1.807) is 0 Å². The highest BCUT2D eigenvalue weighted by molar-refractivity contribution is 6.00. The van der Waals surface area contributed by atoms with E-state index < -0.39 is 0 Å². The van der Waals surface area contributed by atoms with E-state index in [-0.39, 0.29) is 5.78 Å². The number of aromatic nitrogens is 1. The van der Waals surface area contributed by atoms with Crippen molar-refractivity contribution in [3.8, 4) is 0 Å². The highest BCUT2D eigenvalue weighted by atomic mass is 16.1. The monoisotopic (exact) mass is 394 g/mol. The largest absolute Gasteiger partial charge is 0.378 e. The maximum atomic E-state index is 12.9. The molecule has 156 valence electrons. The second-order valence-electron chi connectivity index (χ2n) is 8.71. The maximum absolute atomic E-state index is 12.9. The van der Waals surface area contributed by atoms with Crippen LogP contribution >= 0.6 is 0 Å². The number of nitrogens with zero attached hydrogens (tertiary/aromatic N) is 3. The number of carbonyl (C=O) groups is 1. The fourth-order valence-electron chi connectivity index (χ4n) is 4.92. The molecule has 2 aromatic rings. The molecule has 1 saturated heterocycles. The predicted octanol–water partition coefficient (Wildman–Crippen LogP) is 4.27. The van der Waals surface area contributed by atoms with Crippen molar-refractivity contribution in [1.29, 1.82) is 0 Å². The van der Waals surface area contributed by atoms with E-state index >= 15 is 0 Å². The Bertz CT molecular complexity index is 841. The van der Waals surface area contributed by atoms with Crippen LogP contribution in [-0.4, -0.2) is 55.0 Å². The first-order valence-corrected chi connectivity index (χ1v) is 11.0. The van der Waals surface area contributed by atoms with Crippen LogP contribution in [0.2, 0.25) is 0 Å². The van der Waals surface area contributed by atoms with Crippen molar-refractivity contribution >= 4 is 17.2 Å². The molecule has 1 saturated carbocycles. The van der Waals surface area contributed by atoms with Crippen LogP contribution in [0.15, 0.2) is 30.3 Å². The molecule has 1 aromatic carbocycles. The van der Waals surface area contributed by atoms with Gasteiger partial charge in [-0.1, -0.05) is 12.8 Å². The van der Waals surface area contributed by atoms with Crippen LogP contribution in [0.5, 0.6) is 0 Å². The van der Waals surface area contributed by atoms with Gasteiger partial charge in [0, 0.05) is 60.5 Å². The molecule has 2 fully saturated rings. The molecule has 29 heavy (non-hydrogen) atoms. The molecule has 0 unspecified atom stereocenters. The Labute approximate surface area is 174 Å². The third-order valence-corrected chi connectivity index (χ3v) is 6.66. The number of anilines is 2. The number of aryl methyl sites for hydroxylation is 1. The minimum Gasteiger partial charge on any atom is -0.378 e. The molecular formula is C24H34N4O. The van der Waals surface area contributed by atoms with Gasteiger partial charge in [0.2, 0.25) is 0 Å². The van der Waals surface area contributed by atoms with Crippen molar-refractivity contribution in [1.82, 2.24) is 9.47 Å². The van der Waals surface area contributed by atoms with Gasteiger partial charge in [0.05, 0.1) is 6.54 Å². The first-order valence-electron chi connectivity index (χ1n) is 11.0. The van der Waals surface area contributed by atoms with Gasteiger partial charge in [0.15, 0.2) is 5.78 Å². The van der Waals surface area contributed by atoms with Crippen LogP contribution in [0.1, 0.15) is 53.5 Å². The fraction of sp³-hybridized carbons (Fsp3) is 0.542. The van der Waals surface area contributed by atoms with Crippen LogP contribution < -0.4 is 10.2 Å². The molecule has 4 rings (SSSR count). The van der Waals surface area contributed by atoms with Gasteiger partial charge in [-0.2, -0.15) is 0 Å². The van der Waals surface area contributed by atoms with Crippen LogP contribution in [0, 0.1) is 13.8 Å². The number of piperazine rings is 1. The summed E-state index contributed by atoms with van der Waals surface area (Å²) in [5.74, 6) is 0.172. The number of hydrogen-bond donors (Lipinski definition) is 1. The van der Waals surface area contributed by atoms with E-state index in [0.717, 1.165) is 43.1 Å². The summed E-state index contributed by atoms with van der Waals surface area (Å²) >= 11 is 0. The van der Waals surface area contributed by atoms with Gasteiger partial charge in [-0.15, -0.1) is 0 Å². The average molecular weight is 395 g/mol. The van der Waals surface area contributed by atoms with E-state index in [0.29, 0.717) is 12.6 Å². The van der Waals surface area contributed by atoms with Crippen molar-refractivity contribution < 1.29 is 4.79 Å². The number of benzene rings is 1. The highest BCUT2D eigenvalue weighted by Gasteiger charge is 2.23. The number of likely N-dealkylation sites (N-methyl/N-ethyl adjacent to an activating group) is 1. The molecule has 1 aliphatic carbocycles. The quantitative estimate of drug-likeness (QED) is 0.743. The molecule has 1 aliphatic heterocycles. The maximum Gasteiger partial charge on any atom is 0.183 e. The lowest BCUT2D eigenvalue weighted by molar-refractivity contribution is 0.101. The SMILES string of the molecule is Cc1cc(C(=O)CNc2ccc(N3CCN(C)CC3)cc2)c(C)n1C1CCCC1. The number of carbonyl (C=O) groups excluding carboxylic acids is 1. The van der Waals surface area contributed by atoms with E-state index in [2.05, 4.69) is 70.9 Å². The van der Waals surface area contributed by atoms with E-state index in [9.17, 15) is 4.79 Å². The molecular weight excluding hydrogens is 360 g/mol. The molecule has 0 spiro atoms. The summed E-state index contributed by atoms with van der Waals surface area (Å²) in [6.07, 6.45) is 5.08. The fourth-order valence-corrected chi connectivity index (χ4v) is 4.92. The lowest BCUT2D eigenvalue weighted by Crippen LogP contribution is -2.44. The first kappa shape index (κ1) is 20.0. The third-order valence-electron chi connectivity index (χ3n) is 6.66. The number of nitrogens with one attached hydrogen (secondary N) is 1. The molecule has 2 aliphatic rings. The van der Waals surface area contributed by atoms with Crippen molar-refractivity contribution in [3.63, 3.8) is 0 Å². The van der Waals surface area contributed by atoms with Crippen molar-refractivity contribution in [3.05, 3.63) is 47.3 Å². The minimum atomic E-state index is 0.172. The van der Waals surface area contributed by atoms with Gasteiger partial charge < -0.3 is 19.7 Å². The molecule has 0 radical (unpaired) electrons. The molecule has 0 bridgehead atoms. The van der Waals surface area contributed by atoms with Gasteiger partial charge >= 0.3 is 0 Å². The van der Waals surface area contributed by atoms with Gasteiger partial charge in [0.25, 0.3) is 0 Å². The summed E-state index contributed by atoms with van der Waals surface area (Å²) in [4.78, 5) is 17.7. The molecule has 5 nitrogen and oxygen atoms in total. The summed E-state index contributed by atoms with van der Waals surface area (Å²) in [5, 5.41) is 3.32. The summed E-state index contributed by atoms with van der Waals surface area (Å²) < 4.78 is 2.39. The van der Waals surface area contributed by atoms with Crippen LogP contribution in [-0.2, 0) is 0 Å². The van der Waals surface area contributed by atoms with Gasteiger partial charge in [-0.25, -0.2) is 0 Å². The molecule has 5 heteroatoms. The van der Waals surface area contributed by atoms with E-state index in [1.165, 1.54) is 37.1 Å². The number of Topliss-reactive ketones (excluding diaryl/α,β-unsaturated/α-hetero) is 1. The second kappa shape index (κ2) is 8.62. The predicted molar refractivity (Wildman–Crippen MR) is 120 cm³/mol. The van der Waals surface area contributed by atoms with Gasteiger partial charge in [-0.05, 0) is 64.1 Å². The Kier molecular flexibility index (Phi) is 5.95. The van der Waals surface area contributed by atoms with Crippen molar-refractivity contribution in [2.75, 3.05) is 50.0 Å². The molecule has 2 heterocycles. The van der Waals surface area contributed by atoms with Crippen LogP contribution in [0.4, 0.5) is 11.4 Å². The summed E-state index contributed by atoms with van der Waals surface area (Å²) in [7, 11) is 2.17. The zero-order valence-corrected chi connectivity index (χ0v) is 18.1. The Morgan fingerprint density at radius 1 is 1.03 bits per heavy atom. The molecule has 1 aromatic heterocycles. The standard InChI is InChI=1S/C24H34N4O/c1-18-16-23(19(2)28(18)22-6-4-5-7-22)24(29)17-25-20-8-10-21(11-9-20)27-14-12-26(3)13-15-27/h8-11,16,22,25H,4-7,12-15,17H2,1-3H3. The van der Waals surface area contributed by atoms with Gasteiger partial charge in [-0.3, -0.25) is 4.79 Å². The van der Waals surface area contributed by atoms with Crippen molar-refractivity contribution in [2.24, 2.45) is 0 Å².